The molecule has 3 nitrogen and oxygen atoms in total. The van der Waals surface area contributed by atoms with Crippen molar-refractivity contribution < 1.29 is 4.79 Å². The second kappa shape index (κ2) is 7.23. The van der Waals surface area contributed by atoms with Gasteiger partial charge in [-0.1, -0.05) is 15.9 Å². The maximum absolute atomic E-state index is 11.7. The van der Waals surface area contributed by atoms with E-state index in [-0.39, 0.29) is 5.91 Å². The number of nitrogens with zero attached hydrogens (tertiary/aromatic N) is 2. The Kier molecular flexibility index (Phi) is 7.19. The van der Waals surface area contributed by atoms with Crippen molar-refractivity contribution in [2.45, 2.75) is 26.3 Å². The van der Waals surface area contributed by atoms with Gasteiger partial charge in [-0.25, -0.2) is 0 Å². The fourth-order valence-electron chi connectivity index (χ4n) is 1.59. The number of hydrogen-bond acceptors (Lipinski definition) is 2. The van der Waals surface area contributed by atoms with E-state index < -0.39 is 0 Å². The van der Waals surface area contributed by atoms with E-state index in [0.29, 0.717) is 12.5 Å². The number of alkyl halides is 1. The molecule has 1 atom stereocenters. The summed E-state index contributed by atoms with van der Waals surface area (Å²) in [6.07, 6.45) is 0.589. The van der Waals surface area contributed by atoms with Gasteiger partial charge in [0.2, 0.25) is 5.91 Å². The molecule has 0 radical (unpaired) electrons. The summed E-state index contributed by atoms with van der Waals surface area (Å²) in [6, 6.07) is 0.293. The molecule has 0 saturated carbocycles. The topological polar surface area (TPSA) is 23.6 Å². The Balaban J connectivity index is 4.17. The van der Waals surface area contributed by atoms with Crippen LogP contribution < -0.4 is 0 Å². The van der Waals surface area contributed by atoms with E-state index in [1.165, 1.54) is 0 Å². The highest BCUT2D eigenvalue weighted by molar-refractivity contribution is 9.09. The lowest BCUT2D eigenvalue weighted by Gasteiger charge is -2.30. The van der Waals surface area contributed by atoms with Crippen molar-refractivity contribution in [1.29, 1.82) is 0 Å². The van der Waals surface area contributed by atoms with Crippen LogP contribution >= 0.6 is 15.9 Å². The molecular weight excluding hydrogens is 244 g/mol. The summed E-state index contributed by atoms with van der Waals surface area (Å²) < 4.78 is 0. The summed E-state index contributed by atoms with van der Waals surface area (Å²) in [7, 11) is 4.05. The zero-order valence-electron chi connectivity index (χ0n) is 9.59. The zero-order chi connectivity index (χ0) is 11.1. The molecule has 0 rings (SSSR count). The summed E-state index contributed by atoms with van der Waals surface area (Å²) >= 11 is 3.29. The minimum absolute atomic E-state index is 0.235. The van der Waals surface area contributed by atoms with Crippen LogP contribution in [-0.2, 0) is 4.79 Å². The zero-order valence-corrected chi connectivity index (χ0v) is 11.2. The molecule has 0 aliphatic heterocycles. The van der Waals surface area contributed by atoms with Gasteiger partial charge in [0, 0.05) is 30.9 Å². The molecule has 0 bridgehead atoms. The predicted molar refractivity (Wildman–Crippen MR) is 63.8 cm³/mol. The lowest BCUT2D eigenvalue weighted by atomic mass is 10.2. The van der Waals surface area contributed by atoms with Gasteiger partial charge in [-0.3, -0.25) is 4.79 Å². The highest BCUT2D eigenvalue weighted by atomic mass is 79.9. The molecule has 0 aromatic rings. The van der Waals surface area contributed by atoms with Crippen molar-refractivity contribution in [1.82, 2.24) is 9.80 Å². The fraction of sp³-hybridized carbons (Fsp3) is 0.900. The molecule has 0 N–H and O–H groups in total. The van der Waals surface area contributed by atoms with Crippen molar-refractivity contribution in [3.63, 3.8) is 0 Å². The SMILES string of the molecule is CCN(C(=O)CCBr)C(C)CN(C)C. The van der Waals surface area contributed by atoms with Crippen LogP contribution in [0.5, 0.6) is 0 Å². The lowest BCUT2D eigenvalue weighted by molar-refractivity contribution is -0.132. The Morgan fingerprint density at radius 3 is 2.36 bits per heavy atom. The molecule has 0 spiro atoms. The monoisotopic (exact) mass is 264 g/mol. The number of carbonyl (C=O) groups excluding carboxylic acids is 1. The normalized spacial score (nSPS) is 13.0. The summed E-state index contributed by atoms with van der Waals surface area (Å²) in [5.74, 6) is 0.235. The average Bonchev–Trinajstić information content (AvgIpc) is 2.04. The van der Waals surface area contributed by atoms with Crippen LogP contribution in [0.15, 0.2) is 0 Å². The van der Waals surface area contributed by atoms with E-state index in [9.17, 15) is 4.79 Å². The smallest absolute Gasteiger partial charge is 0.223 e. The van der Waals surface area contributed by atoms with Crippen molar-refractivity contribution in [3.05, 3.63) is 0 Å². The second-order valence-electron chi connectivity index (χ2n) is 3.73. The van der Waals surface area contributed by atoms with Gasteiger partial charge in [0.1, 0.15) is 0 Å². The fourth-order valence-corrected chi connectivity index (χ4v) is 1.92. The Hall–Kier alpha value is -0.0900. The molecule has 4 heteroatoms. The van der Waals surface area contributed by atoms with Crippen molar-refractivity contribution in [2.24, 2.45) is 0 Å². The van der Waals surface area contributed by atoms with Gasteiger partial charge in [-0.2, -0.15) is 0 Å². The Morgan fingerprint density at radius 1 is 1.43 bits per heavy atom. The molecule has 0 aromatic carbocycles. The van der Waals surface area contributed by atoms with Crippen LogP contribution in [0.4, 0.5) is 0 Å². The largest absolute Gasteiger partial charge is 0.339 e. The van der Waals surface area contributed by atoms with Crippen LogP contribution in [0, 0.1) is 0 Å². The third-order valence-corrected chi connectivity index (χ3v) is 2.53. The second-order valence-corrected chi connectivity index (χ2v) is 4.52. The molecule has 0 fully saturated rings. The predicted octanol–water partition coefficient (Wildman–Crippen LogP) is 1.57. The van der Waals surface area contributed by atoms with Gasteiger partial charge < -0.3 is 9.80 Å². The van der Waals surface area contributed by atoms with Gasteiger partial charge in [0.05, 0.1) is 0 Å². The number of hydrogen-bond donors (Lipinski definition) is 0. The quantitative estimate of drug-likeness (QED) is 0.681. The lowest BCUT2D eigenvalue weighted by Crippen LogP contribution is -2.43. The number of amides is 1. The first-order chi connectivity index (χ1) is 6.52. The van der Waals surface area contributed by atoms with Crippen LogP contribution in [0.3, 0.4) is 0 Å². The maximum Gasteiger partial charge on any atom is 0.223 e. The van der Waals surface area contributed by atoms with Gasteiger partial charge >= 0.3 is 0 Å². The first-order valence-corrected chi connectivity index (χ1v) is 6.15. The molecule has 0 aliphatic rings. The van der Waals surface area contributed by atoms with Crippen molar-refractivity contribution >= 4 is 21.8 Å². The highest BCUT2D eigenvalue weighted by Gasteiger charge is 2.17. The number of halogens is 1. The summed E-state index contributed by atoms with van der Waals surface area (Å²) in [4.78, 5) is 15.7. The molecule has 0 aromatic heterocycles. The van der Waals surface area contributed by atoms with Crippen LogP contribution in [0.1, 0.15) is 20.3 Å². The summed E-state index contributed by atoms with van der Waals surface area (Å²) in [5, 5.41) is 0.747. The molecule has 14 heavy (non-hydrogen) atoms. The van der Waals surface area contributed by atoms with Crippen molar-refractivity contribution in [3.8, 4) is 0 Å². The van der Waals surface area contributed by atoms with Gasteiger partial charge in [-0.15, -0.1) is 0 Å². The van der Waals surface area contributed by atoms with Crippen molar-refractivity contribution in [2.75, 3.05) is 32.5 Å². The summed E-state index contributed by atoms with van der Waals surface area (Å²) in [5.41, 5.74) is 0. The van der Waals surface area contributed by atoms with E-state index in [0.717, 1.165) is 18.4 Å². The molecule has 0 saturated heterocycles. The molecule has 1 amide bonds. The Bertz CT molecular complexity index is 174. The van der Waals surface area contributed by atoms with Crippen LogP contribution in [0.25, 0.3) is 0 Å². The van der Waals surface area contributed by atoms with Gasteiger partial charge in [0.25, 0.3) is 0 Å². The third-order valence-electron chi connectivity index (χ3n) is 2.13. The van der Waals surface area contributed by atoms with Crippen LogP contribution in [0.2, 0.25) is 0 Å². The maximum atomic E-state index is 11.7. The Morgan fingerprint density at radius 2 is 2.00 bits per heavy atom. The first kappa shape index (κ1) is 13.9. The van der Waals surface area contributed by atoms with Crippen LogP contribution in [-0.4, -0.2) is 54.3 Å². The van der Waals surface area contributed by atoms with E-state index in [2.05, 4.69) is 27.8 Å². The van der Waals surface area contributed by atoms with Gasteiger partial charge in [0.15, 0.2) is 0 Å². The highest BCUT2D eigenvalue weighted by Crippen LogP contribution is 2.04. The molecule has 0 aliphatic carbocycles. The average molecular weight is 265 g/mol. The molecule has 0 heterocycles. The Labute approximate surface area is 95.6 Å². The number of likely N-dealkylation sites (N-methyl/N-ethyl adjacent to an activating group) is 2. The molecular formula is C10H21BrN2O. The standard InChI is InChI=1S/C10H21BrN2O/c1-5-13(10(14)6-7-11)9(2)8-12(3)4/h9H,5-8H2,1-4H3. The van der Waals surface area contributed by atoms with E-state index in [4.69, 9.17) is 0 Å². The number of rotatable bonds is 6. The third kappa shape index (κ3) is 4.96. The number of carbonyl (C=O) groups is 1. The molecule has 84 valence electrons. The van der Waals surface area contributed by atoms with E-state index >= 15 is 0 Å². The van der Waals surface area contributed by atoms with E-state index in [1.54, 1.807) is 0 Å². The first-order valence-electron chi connectivity index (χ1n) is 5.03. The minimum atomic E-state index is 0.235. The minimum Gasteiger partial charge on any atom is -0.339 e. The van der Waals surface area contributed by atoms with E-state index in [1.807, 2.05) is 25.9 Å². The summed E-state index contributed by atoms with van der Waals surface area (Å²) in [6.45, 7) is 5.83. The van der Waals surface area contributed by atoms with Gasteiger partial charge in [-0.05, 0) is 27.9 Å². The molecule has 1 unspecified atom stereocenters.